The number of carboxylic acids is 1. The Morgan fingerprint density at radius 3 is 1.40 bits per heavy atom. The number of hydrogen-bond acceptors (Lipinski definition) is 5. The predicted octanol–water partition coefficient (Wildman–Crippen LogP) is 5.84. The molecule has 0 radical (unpaired) electrons. The number of unbranched alkanes of at least 4 members (excludes halogenated alkanes) is 13. The van der Waals surface area contributed by atoms with Crippen molar-refractivity contribution in [3.8, 4) is 0 Å². The minimum absolute atomic E-state index is 0.00800. The van der Waals surface area contributed by atoms with E-state index in [-0.39, 0.29) is 37.5 Å². The molecule has 0 bridgehead atoms. The molecule has 0 aliphatic carbocycles. The van der Waals surface area contributed by atoms with Crippen LogP contribution in [-0.4, -0.2) is 45.7 Å². The molecule has 0 spiro atoms. The molecular weight excluding hydrogens is 448 g/mol. The van der Waals surface area contributed by atoms with Crippen molar-refractivity contribution >= 4 is 17.8 Å². The molecule has 0 heterocycles. The number of amides is 2. The largest absolute Gasteiger partial charge is 0.513 e. The average Bonchev–Trinajstić information content (AvgIpc) is 2.79. The highest BCUT2D eigenvalue weighted by Crippen LogP contribution is 2.14. The monoisotopic (exact) mass is 496 g/mol. The molecular formula is C27H48N2O6. The van der Waals surface area contributed by atoms with Gasteiger partial charge in [0.2, 0.25) is 11.8 Å². The summed E-state index contributed by atoms with van der Waals surface area (Å²) in [7, 11) is 0. The maximum absolute atomic E-state index is 12.0. The Kier molecular flexibility index (Phi) is 20.4. The van der Waals surface area contributed by atoms with Gasteiger partial charge in [-0.1, -0.05) is 90.2 Å². The van der Waals surface area contributed by atoms with Gasteiger partial charge >= 0.3 is 5.97 Å². The lowest BCUT2D eigenvalue weighted by atomic mass is 10.0. The molecule has 0 fully saturated rings. The fourth-order valence-corrected chi connectivity index (χ4v) is 3.82. The van der Waals surface area contributed by atoms with Gasteiger partial charge in [-0.05, 0) is 19.3 Å². The molecule has 35 heavy (non-hydrogen) atoms. The fourth-order valence-electron chi connectivity index (χ4n) is 3.82. The van der Waals surface area contributed by atoms with Gasteiger partial charge in [-0.3, -0.25) is 9.59 Å². The lowest BCUT2D eigenvalue weighted by Gasteiger charge is -2.14. The second-order valence-corrected chi connectivity index (χ2v) is 9.36. The van der Waals surface area contributed by atoms with Gasteiger partial charge in [-0.25, -0.2) is 4.79 Å². The van der Waals surface area contributed by atoms with Gasteiger partial charge in [-0.2, -0.15) is 0 Å². The number of aliphatic hydroxyl groups excluding tert-OH is 2. The van der Waals surface area contributed by atoms with E-state index in [9.17, 15) is 19.5 Å². The summed E-state index contributed by atoms with van der Waals surface area (Å²) in [5, 5.41) is 32.2. The molecule has 2 amide bonds. The van der Waals surface area contributed by atoms with E-state index in [1.54, 1.807) is 0 Å². The van der Waals surface area contributed by atoms with Gasteiger partial charge < -0.3 is 26.0 Å². The highest BCUT2D eigenvalue weighted by atomic mass is 16.4. The number of aliphatic hydroxyl groups is 2. The number of aliphatic carboxylic acids is 1. The normalized spacial score (nSPS) is 11.5. The summed E-state index contributed by atoms with van der Waals surface area (Å²) < 4.78 is 0. The lowest BCUT2D eigenvalue weighted by molar-refractivity contribution is -0.142. The predicted molar refractivity (Wildman–Crippen MR) is 139 cm³/mol. The summed E-state index contributed by atoms with van der Waals surface area (Å²) in [5.41, 5.74) is 0. The maximum Gasteiger partial charge on any atom is 0.326 e. The Balaban J connectivity index is 3.60. The second kappa shape index (κ2) is 22.0. The van der Waals surface area contributed by atoms with E-state index in [0.717, 1.165) is 38.5 Å². The first-order valence-corrected chi connectivity index (χ1v) is 13.2. The van der Waals surface area contributed by atoms with E-state index in [1.807, 2.05) is 0 Å². The van der Waals surface area contributed by atoms with E-state index < -0.39 is 17.9 Å². The molecule has 202 valence electrons. The summed E-state index contributed by atoms with van der Waals surface area (Å²) in [6.07, 6.45) is 17.2. The molecule has 8 nitrogen and oxygen atoms in total. The fraction of sp³-hybridized carbons (Fsp3) is 0.741. The summed E-state index contributed by atoms with van der Waals surface area (Å²) in [5.74, 6) is -1.76. The summed E-state index contributed by atoms with van der Waals surface area (Å²) >= 11 is 0. The van der Waals surface area contributed by atoms with Crippen molar-refractivity contribution in [1.29, 1.82) is 0 Å². The summed E-state index contributed by atoms with van der Waals surface area (Å²) in [6.45, 7) is 6.68. The topological polar surface area (TPSA) is 136 Å². The van der Waals surface area contributed by atoms with E-state index in [2.05, 4.69) is 23.8 Å². The van der Waals surface area contributed by atoms with Gasteiger partial charge in [0.1, 0.15) is 11.8 Å². The zero-order valence-corrected chi connectivity index (χ0v) is 21.5. The van der Waals surface area contributed by atoms with Crippen LogP contribution in [0.25, 0.3) is 0 Å². The van der Waals surface area contributed by atoms with Gasteiger partial charge in [0.15, 0.2) is 0 Å². The van der Waals surface area contributed by atoms with E-state index in [0.29, 0.717) is 5.76 Å². The smallest absolute Gasteiger partial charge is 0.326 e. The van der Waals surface area contributed by atoms with Crippen LogP contribution >= 0.6 is 0 Å². The Morgan fingerprint density at radius 2 is 1.00 bits per heavy atom. The first kappa shape index (κ1) is 32.5. The SMILES string of the molecule is C=C(O)CCCCCCCCCCCCCCCCC(=O)N[C@@H](CCC(=O)NCC(=C)O)C(=O)O. The zero-order valence-electron chi connectivity index (χ0n) is 21.5. The van der Waals surface area contributed by atoms with Crippen LogP contribution in [0, 0.1) is 0 Å². The third kappa shape index (κ3) is 23.0. The van der Waals surface area contributed by atoms with Crippen LogP contribution in [0.5, 0.6) is 0 Å². The first-order chi connectivity index (χ1) is 16.7. The maximum atomic E-state index is 12.0. The number of carbonyl (C=O) groups is 3. The van der Waals surface area contributed by atoms with Crippen LogP contribution in [0.4, 0.5) is 0 Å². The van der Waals surface area contributed by atoms with Crippen LogP contribution < -0.4 is 10.6 Å². The van der Waals surface area contributed by atoms with Crippen LogP contribution in [0.1, 0.15) is 116 Å². The molecule has 0 rings (SSSR count). The van der Waals surface area contributed by atoms with Crippen molar-refractivity contribution in [2.45, 2.75) is 122 Å². The Hall–Kier alpha value is -2.51. The minimum Gasteiger partial charge on any atom is -0.513 e. The number of carboxylic acid groups (broad SMARTS) is 1. The highest BCUT2D eigenvalue weighted by Gasteiger charge is 2.20. The van der Waals surface area contributed by atoms with Gasteiger partial charge in [0.25, 0.3) is 0 Å². The molecule has 0 aromatic heterocycles. The number of rotatable bonds is 24. The Labute approximate surface area is 211 Å². The van der Waals surface area contributed by atoms with Crippen LogP contribution in [0.2, 0.25) is 0 Å². The molecule has 8 heteroatoms. The molecule has 1 atom stereocenters. The van der Waals surface area contributed by atoms with Gasteiger partial charge in [-0.15, -0.1) is 0 Å². The zero-order chi connectivity index (χ0) is 26.3. The molecule has 0 aromatic carbocycles. The Morgan fingerprint density at radius 1 is 0.571 bits per heavy atom. The quantitative estimate of drug-likeness (QED) is 0.0841. The molecule has 5 N–H and O–H groups in total. The van der Waals surface area contributed by atoms with Crippen molar-refractivity contribution < 1.29 is 29.7 Å². The first-order valence-electron chi connectivity index (χ1n) is 13.2. The third-order valence-electron chi connectivity index (χ3n) is 5.90. The number of nitrogens with one attached hydrogen (secondary N) is 2. The van der Waals surface area contributed by atoms with E-state index in [4.69, 9.17) is 10.2 Å². The van der Waals surface area contributed by atoms with Crippen molar-refractivity contribution in [2.75, 3.05) is 6.54 Å². The van der Waals surface area contributed by atoms with Crippen molar-refractivity contribution in [3.63, 3.8) is 0 Å². The van der Waals surface area contributed by atoms with E-state index >= 15 is 0 Å². The number of allylic oxidation sites excluding steroid dienone is 1. The van der Waals surface area contributed by atoms with Crippen LogP contribution in [0.15, 0.2) is 24.7 Å². The van der Waals surface area contributed by atoms with Crippen molar-refractivity contribution in [2.24, 2.45) is 0 Å². The van der Waals surface area contributed by atoms with E-state index in [1.165, 1.54) is 57.8 Å². The number of carbonyl (C=O) groups excluding carboxylic acids is 2. The van der Waals surface area contributed by atoms with Gasteiger partial charge in [0.05, 0.1) is 12.3 Å². The molecule has 0 unspecified atom stereocenters. The van der Waals surface area contributed by atoms with Gasteiger partial charge in [0, 0.05) is 19.3 Å². The summed E-state index contributed by atoms with van der Waals surface area (Å²) in [6, 6.07) is -1.10. The molecule has 0 aliphatic rings. The minimum atomic E-state index is -1.16. The van der Waals surface area contributed by atoms with Crippen LogP contribution in [-0.2, 0) is 14.4 Å². The molecule has 0 saturated heterocycles. The van der Waals surface area contributed by atoms with Crippen molar-refractivity contribution in [3.05, 3.63) is 24.7 Å². The summed E-state index contributed by atoms with van der Waals surface area (Å²) in [4.78, 5) is 35.0. The lowest BCUT2D eigenvalue weighted by Crippen LogP contribution is -2.41. The Bertz CT molecular complexity index is 635. The van der Waals surface area contributed by atoms with Crippen molar-refractivity contribution in [1.82, 2.24) is 10.6 Å². The standard InChI is InChI=1S/C27H48N2O6/c1-22(30)17-15-13-11-9-7-5-3-4-6-8-10-12-14-16-18-26(33)29-24(27(34)35)19-20-25(32)28-21-23(2)31/h24,30-31H,1-21H2,(H,28,32)(H,29,33)(H,34,35)/t24-/m0/s1. The average molecular weight is 497 g/mol. The second-order valence-electron chi connectivity index (χ2n) is 9.36. The highest BCUT2D eigenvalue weighted by molar-refractivity contribution is 5.84. The molecule has 0 aromatic rings. The number of hydrogen-bond donors (Lipinski definition) is 5. The third-order valence-corrected chi connectivity index (χ3v) is 5.90. The van der Waals surface area contributed by atoms with Crippen LogP contribution in [0.3, 0.4) is 0 Å². The molecule has 0 saturated carbocycles. The molecule has 0 aliphatic heterocycles.